The molecule has 8 atom stereocenters. The summed E-state index contributed by atoms with van der Waals surface area (Å²) < 4.78 is 16.4. The van der Waals surface area contributed by atoms with Crippen molar-refractivity contribution in [3.63, 3.8) is 0 Å². The highest BCUT2D eigenvalue weighted by Gasteiger charge is 2.74. The van der Waals surface area contributed by atoms with Gasteiger partial charge in [0, 0.05) is 56.2 Å². The Morgan fingerprint density at radius 2 is 1.08 bits per heavy atom. The first kappa shape index (κ1) is 32.2. The summed E-state index contributed by atoms with van der Waals surface area (Å²) >= 11 is 0. The van der Waals surface area contributed by atoms with Gasteiger partial charge in [-0.1, -0.05) is 12.1 Å². The third-order valence-electron chi connectivity index (χ3n) is 16.0. The molecule has 2 saturated heterocycles. The van der Waals surface area contributed by atoms with E-state index in [-0.39, 0.29) is 23.6 Å². The summed E-state index contributed by atoms with van der Waals surface area (Å²) in [5.74, 6) is 2.60. The number of nitrogens with zero attached hydrogens (tertiary/aromatic N) is 3. The Hall–Kier alpha value is -3.24. The molecule has 9 nitrogen and oxygen atoms in total. The average Bonchev–Trinajstić information content (AvgIpc) is 4.03. The van der Waals surface area contributed by atoms with Crippen molar-refractivity contribution in [2.45, 2.75) is 125 Å². The molecule has 4 aliphatic heterocycles. The zero-order valence-corrected chi connectivity index (χ0v) is 31.2. The third kappa shape index (κ3) is 3.61. The monoisotopic (exact) mass is 707 g/mol. The van der Waals surface area contributed by atoms with Crippen LogP contribution in [0.3, 0.4) is 0 Å². The average molecular weight is 708 g/mol. The molecule has 8 aliphatic rings. The zero-order valence-electron chi connectivity index (χ0n) is 31.2. The number of phenols is 2. The predicted molar refractivity (Wildman–Crippen MR) is 195 cm³/mol. The number of rotatable bonds is 4. The first-order chi connectivity index (χ1) is 24.9. The summed E-state index contributed by atoms with van der Waals surface area (Å²) in [6, 6.07) is 7.09. The number of aryl methyl sites for hydroxylation is 2. The molecule has 9 heteroatoms. The van der Waals surface area contributed by atoms with Crippen LogP contribution in [0.5, 0.6) is 23.0 Å². The Balaban J connectivity index is 1.15. The number of aliphatic hydroxyl groups is 2. The number of benzene rings is 2. The maximum Gasteiger partial charge on any atom is 0.166 e. The molecule has 1 unspecified atom stereocenters. The summed E-state index contributed by atoms with van der Waals surface area (Å²) in [4.78, 5) is 5.02. The molecule has 0 radical (unpaired) electrons. The van der Waals surface area contributed by atoms with E-state index < -0.39 is 34.2 Å². The predicted octanol–water partition coefficient (Wildman–Crippen LogP) is 5.38. The second kappa shape index (κ2) is 10.1. The first-order valence-corrected chi connectivity index (χ1v) is 20.0. The summed E-state index contributed by atoms with van der Waals surface area (Å²) in [5.41, 5.74) is 4.18. The van der Waals surface area contributed by atoms with E-state index in [1.54, 1.807) is 12.1 Å². The largest absolute Gasteiger partial charge is 0.504 e. The first-order valence-electron chi connectivity index (χ1n) is 20.0. The van der Waals surface area contributed by atoms with Gasteiger partial charge in [-0.05, 0) is 126 Å². The Kier molecular flexibility index (Phi) is 6.25. The van der Waals surface area contributed by atoms with Crippen LogP contribution in [-0.2, 0) is 30.7 Å². The number of hydrogen-bond donors (Lipinski definition) is 4. The van der Waals surface area contributed by atoms with E-state index in [4.69, 9.17) is 9.47 Å². The van der Waals surface area contributed by atoms with Crippen LogP contribution in [-0.4, -0.2) is 84.3 Å². The molecule has 2 aromatic carbocycles. The molecule has 1 aromatic heterocycles. The maximum atomic E-state index is 13.7. The number of likely N-dealkylation sites (tertiary alicyclic amines) is 2. The van der Waals surface area contributed by atoms with Gasteiger partial charge in [-0.3, -0.25) is 9.80 Å². The Morgan fingerprint density at radius 3 is 1.46 bits per heavy atom. The number of fused-ring (bicyclic) bond motifs is 7. The Bertz CT molecular complexity index is 1930. The minimum Gasteiger partial charge on any atom is -0.504 e. The smallest absolute Gasteiger partial charge is 0.166 e. The Labute approximate surface area is 306 Å². The van der Waals surface area contributed by atoms with E-state index in [0.29, 0.717) is 36.2 Å². The number of piperidine rings is 2. The van der Waals surface area contributed by atoms with Crippen molar-refractivity contribution in [2.75, 3.05) is 26.2 Å². The standard InChI is InChI=1S/C43H53N3O6/c1-22-6-12-30(47)36-32(22)40-14-16-45(20-26-8-9-26)24(3)42(40,49)18-28-29-19-43(50)25(4)46(21-27-10-11-27)17-15-41(43)33-23(2)7-13-31(48)37(33)52-39(41)35(29)44(5)34(28)38(40)51-36/h6-7,12-13,24-27,38-39,47-50H,8-11,14-21H2,1-5H3/t24-,25?,38+,39+,40+,41+,42-,43-/m1/s1. The molecule has 4 aliphatic carbocycles. The molecule has 2 saturated carbocycles. The molecule has 0 bridgehead atoms. The molecule has 3 aromatic rings. The highest BCUT2D eigenvalue weighted by Crippen LogP contribution is 2.71. The van der Waals surface area contributed by atoms with Crippen molar-refractivity contribution in [3.05, 3.63) is 69.0 Å². The van der Waals surface area contributed by atoms with Gasteiger partial charge >= 0.3 is 0 Å². The van der Waals surface area contributed by atoms with Gasteiger partial charge in [-0.25, -0.2) is 0 Å². The third-order valence-corrected chi connectivity index (χ3v) is 16.0. The van der Waals surface area contributed by atoms with Crippen LogP contribution in [0.25, 0.3) is 0 Å². The van der Waals surface area contributed by atoms with Gasteiger partial charge in [0.05, 0.1) is 33.4 Å². The van der Waals surface area contributed by atoms with Gasteiger partial charge in [0.25, 0.3) is 0 Å². The molecule has 4 fully saturated rings. The van der Waals surface area contributed by atoms with Gasteiger partial charge in [-0.2, -0.15) is 0 Å². The van der Waals surface area contributed by atoms with Crippen LogP contribution in [0.4, 0.5) is 0 Å². The maximum absolute atomic E-state index is 13.7. The lowest BCUT2D eigenvalue weighted by molar-refractivity contribution is -0.165. The van der Waals surface area contributed by atoms with Gasteiger partial charge < -0.3 is 34.5 Å². The molecular formula is C43H53N3O6. The Morgan fingerprint density at radius 1 is 0.673 bits per heavy atom. The minimum absolute atomic E-state index is 0.115. The van der Waals surface area contributed by atoms with E-state index >= 15 is 0 Å². The van der Waals surface area contributed by atoms with Crippen LogP contribution in [0, 0.1) is 25.7 Å². The molecule has 0 amide bonds. The fourth-order valence-electron chi connectivity index (χ4n) is 13.0. The van der Waals surface area contributed by atoms with E-state index in [2.05, 4.69) is 49.1 Å². The number of phenolic OH excluding ortho intramolecular Hbond substituents is 2. The van der Waals surface area contributed by atoms with Crippen molar-refractivity contribution < 1.29 is 29.9 Å². The van der Waals surface area contributed by atoms with Crippen molar-refractivity contribution in [1.82, 2.24) is 14.4 Å². The van der Waals surface area contributed by atoms with Crippen molar-refractivity contribution in [1.29, 1.82) is 0 Å². The quantitative estimate of drug-likeness (QED) is 0.287. The van der Waals surface area contributed by atoms with Crippen molar-refractivity contribution in [2.24, 2.45) is 18.9 Å². The summed E-state index contributed by atoms with van der Waals surface area (Å²) in [6.07, 6.45) is 6.23. The van der Waals surface area contributed by atoms with Crippen LogP contribution in [0.15, 0.2) is 24.3 Å². The van der Waals surface area contributed by atoms with Gasteiger partial charge in [0.2, 0.25) is 0 Å². The topological polar surface area (TPSA) is 111 Å². The normalized spacial score (nSPS) is 38.5. The van der Waals surface area contributed by atoms with E-state index in [9.17, 15) is 20.4 Å². The number of ether oxygens (including phenoxy) is 2. The zero-order chi connectivity index (χ0) is 35.9. The molecule has 5 heterocycles. The fourth-order valence-corrected chi connectivity index (χ4v) is 13.0. The minimum atomic E-state index is -1.20. The van der Waals surface area contributed by atoms with Crippen LogP contribution >= 0.6 is 0 Å². The van der Waals surface area contributed by atoms with Crippen LogP contribution in [0.1, 0.15) is 109 Å². The van der Waals surface area contributed by atoms with E-state index in [1.165, 1.54) is 25.7 Å². The lowest BCUT2D eigenvalue weighted by Gasteiger charge is -2.60. The molecule has 52 heavy (non-hydrogen) atoms. The number of aromatic hydroxyl groups is 2. The molecule has 2 spiro atoms. The highest BCUT2D eigenvalue weighted by molar-refractivity contribution is 5.66. The van der Waals surface area contributed by atoms with E-state index in [0.717, 1.165) is 83.8 Å². The molecule has 276 valence electrons. The lowest BCUT2D eigenvalue weighted by atomic mass is 9.50. The fraction of sp³-hybridized carbons (Fsp3) is 0.628. The lowest BCUT2D eigenvalue weighted by Crippen LogP contribution is -2.72. The van der Waals surface area contributed by atoms with Crippen LogP contribution < -0.4 is 9.47 Å². The number of hydrogen-bond acceptors (Lipinski definition) is 8. The van der Waals surface area contributed by atoms with E-state index in [1.807, 2.05) is 12.1 Å². The summed E-state index contributed by atoms with van der Waals surface area (Å²) in [5, 5.41) is 50.1. The molecule has 4 N–H and O–H groups in total. The highest BCUT2D eigenvalue weighted by atomic mass is 16.5. The van der Waals surface area contributed by atoms with Gasteiger partial charge in [0.15, 0.2) is 35.2 Å². The second-order valence-corrected chi connectivity index (χ2v) is 18.4. The summed E-state index contributed by atoms with van der Waals surface area (Å²) in [7, 11) is 2.11. The van der Waals surface area contributed by atoms with Crippen molar-refractivity contribution in [3.8, 4) is 23.0 Å². The van der Waals surface area contributed by atoms with Crippen molar-refractivity contribution >= 4 is 0 Å². The second-order valence-electron chi connectivity index (χ2n) is 18.4. The number of aromatic nitrogens is 1. The SMILES string of the molecule is Cc1ccc(O)c2c1[C@]13CCN(CC4CC4)C(C)[C@]1(O)Cc1c4c(n(C)c1[C@@H]3O2)[C@@H]1Oc2c(O)ccc(C)c2[C@@]12CCN(CC1CC1)[C@H](C)[C@]2(O)C4. The van der Waals surface area contributed by atoms with Gasteiger partial charge in [0.1, 0.15) is 0 Å². The molecule has 11 rings (SSSR count). The molecular weight excluding hydrogens is 654 g/mol. The van der Waals surface area contributed by atoms with Crippen LogP contribution in [0.2, 0.25) is 0 Å². The van der Waals surface area contributed by atoms with Gasteiger partial charge in [-0.15, -0.1) is 0 Å². The summed E-state index contributed by atoms with van der Waals surface area (Å²) in [6.45, 7) is 12.3.